The van der Waals surface area contributed by atoms with Gasteiger partial charge in [0.2, 0.25) is 0 Å². The number of methoxy groups -OCH3 is 1. The standard InChI is InChI=1S/C19H22ClN3O2/c1-25-18-10-11-23(13-18)17-8-6-16(7-9-17)22-19(24)21-12-14-2-4-15(20)5-3-14/h2-9,18H,10-13H2,1H3,(H2,21,22,24). The Balaban J connectivity index is 1.49. The smallest absolute Gasteiger partial charge is 0.319 e. The zero-order valence-corrected chi connectivity index (χ0v) is 14.9. The lowest BCUT2D eigenvalue weighted by Gasteiger charge is -2.18. The highest BCUT2D eigenvalue weighted by molar-refractivity contribution is 6.30. The zero-order chi connectivity index (χ0) is 17.6. The van der Waals surface area contributed by atoms with Gasteiger partial charge in [0, 0.05) is 43.1 Å². The third kappa shape index (κ3) is 4.87. The number of hydrogen-bond donors (Lipinski definition) is 2. The molecule has 1 aliphatic rings. The van der Waals surface area contributed by atoms with Crippen LogP contribution in [0, 0.1) is 0 Å². The second-order valence-corrected chi connectivity index (χ2v) is 6.51. The summed E-state index contributed by atoms with van der Waals surface area (Å²) in [6.07, 6.45) is 1.35. The molecule has 0 spiro atoms. The van der Waals surface area contributed by atoms with Crippen LogP contribution < -0.4 is 15.5 Å². The van der Waals surface area contributed by atoms with Crippen molar-refractivity contribution in [2.24, 2.45) is 0 Å². The summed E-state index contributed by atoms with van der Waals surface area (Å²) in [6.45, 7) is 2.35. The lowest BCUT2D eigenvalue weighted by atomic mass is 10.2. The number of rotatable bonds is 5. The van der Waals surface area contributed by atoms with Crippen LogP contribution in [-0.2, 0) is 11.3 Å². The summed E-state index contributed by atoms with van der Waals surface area (Å²) in [6, 6.07) is 15.0. The molecule has 0 saturated carbocycles. The summed E-state index contributed by atoms with van der Waals surface area (Å²) in [5.74, 6) is 0. The van der Waals surface area contributed by atoms with E-state index in [0.29, 0.717) is 17.7 Å². The molecular weight excluding hydrogens is 338 g/mol. The van der Waals surface area contributed by atoms with E-state index in [-0.39, 0.29) is 6.03 Å². The lowest BCUT2D eigenvalue weighted by molar-refractivity contribution is 0.121. The average molecular weight is 360 g/mol. The van der Waals surface area contributed by atoms with Crippen LogP contribution in [0.5, 0.6) is 0 Å². The second-order valence-electron chi connectivity index (χ2n) is 6.07. The van der Waals surface area contributed by atoms with Crippen LogP contribution in [0.2, 0.25) is 5.02 Å². The molecule has 132 valence electrons. The van der Waals surface area contributed by atoms with Crippen molar-refractivity contribution >= 4 is 29.0 Å². The maximum Gasteiger partial charge on any atom is 0.319 e. The minimum atomic E-state index is -0.233. The van der Waals surface area contributed by atoms with Crippen molar-refractivity contribution in [3.8, 4) is 0 Å². The normalized spacial score (nSPS) is 16.7. The van der Waals surface area contributed by atoms with Gasteiger partial charge in [-0.25, -0.2) is 4.79 Å². The van der Waals surface area contributed by atoms with Crippen LogP contribution in [-0.4, -0.2) is 32.3 Å². The van der Waals surface area contributed by atoms with Crippen molar-refractivity contribution in [3.63, 3.8) is 0 Å². The zero-order valence-electron chi connectivity index (χ0n) is 14.2. The molecule has 1 unspecified atom stereocenters. The third-order valence-electron chi connectivity index (χ3n) is 4.33. The summed E-state index contributed by atoms with van der Waals surface area (Å²) in [5, 5.41) is 6.36. The lowest BCUT2D eigenvalue weighted by Crippen LogP contribution is -2.28. The second kappa shape index (κ2) is 8.23. The Hall–Kier alpha value is -2.24. The van der Waals surface area contributed by atoms with Gasteiger partial charge in [-0.05, 0) is 48.4 Å². The van der Waals surface area contributed by atoms with E-state index < -0.39 is 0 Å². The van der Waals surface area contributed by atoms with Crippen LogP contribution in [0.1, 0.15) is 12.0 Å². The van der Waals surface area contributed by atoms with Gasteiger partial charge >= 0.3 is 6.03 Å². The number of benzene rings is 2. The quantitative estimate of drug-likeness (QED) is 0.851. The first kappa shape index (κ1) is 17.6. The van der Waals surface area contributed by atoms with E-state index in [0.717, 1.165) is 36.4 Å². The molecule has 1 heterocycles. The number of nitrogens with zero attached hydrogens (tertiary/aromatic N) is 1. The number of hydrogen-bond acceptors (Lipinski definition) is 3. The largest absolute Gasteiger partial charge is 0.380 e. The fourth-order valence-corrected chi connectivity index (χ4v) is 3.00. The highest BCUT2D eigenvalue weighted by Gasteiger charge is 2.22. The minimum Gasteiger partial charge on any atom is -0.380 e. The number of carbonyl (C=O) groups is 1. The highest BCUT2D eigenvalue weighted by atomic mass is 35.5. The third-order valence-corrected chi connectivity index (χ3v) is 4.59. The van der Waals surface area contributed by atoms with Gasteiger partial charge in [-0.2, -0.15) is 0 Å². The number of amides is 2. The average Bonchev–Trinajstić information content (AvgIpc) is 3.11. The molecular formula is C19H22ClN3O2. The van der Waals surface area contributed by atoms with Crippen molar-refractivity contribution in [2.75, 3.05) is 30.4 Å². The van der Waals surface area contributed by atoms with E-state index >= 15 is 0 Å². The Labute approximate surface area is 152 Å². The van der Waals surface area contributed by atoms with E-state index in [2.05, 4.69) is 15.5 Å². The van der Waals surface area contributed by atoms with E-state index in [9.17, 15) is 4.79 Å². The van der Waals surface area contributed by atoms with Crippen molar-refractivity contribution in [1.29, 1.82) is 0 Å². The number of ether oxygens (including phenoxy) is 1. The molecule has 2 aromatic carbocycles. The molecule has 0 aromatic heterocycles. The van der Waals surface area contributed by atoms with Gasteiger partial charge in [0.05, 0.1) is 6.10 Å². The number of nitrogens with one attached hydrogen (secondary N) is 2. The number of carbonyl (C=O) groups excluding carboxylic acids is 1. The van der Waals surface area contributed by atoms with Gasteiger partial charge in [0.1, 0.15) is 0 Å². The monoisotopic (exact) mass is 359 g/mol. The fourth-order valence-electron chi connectivity index (χ4n) is 2.87. The summed E-state index contributed by atoms with van der Waals surface area (Å²) in [5.41, 5.74) is 2.91. The van der Waals surface area contributed by atoms with Crippen molar-refractivity contribution in [3.05, 3.63) is 59.1 Å². The van der Waals surface area contributed by atoms with E-state index in [1.807, 2.05) is 48.5 Å². The Morgan fingerprint density at radius 2 is 1.92 bits per heavy atom. The first-order valence-electron chi connectivity index (χ1n) is 8.31. The van der Waals surface area contributed by atoms with Crippen molar-refractivity contribution in [1.82, 2.24) is 5.32 Å². The molecule has 6 heteroatoms. The van der Waals surface area contributed by atoms with Gasteiger partial charge in [0.15, 0.2) is 0 Å². The number of halogens is 1. The fraction of sp³-hybridized carbons (Fsp3) is 0.316. The van der Waals surface area contributed by atoms with Crippen LogP contribution in [0.3, 0.4) is 0 Å². The molecule has 2 amide bonds. The van der Waals surface area contributed by atoms with Crippen LogP contribution in [0.4, 0.5) is 16.2 Å². The number of anilines is 2. The van der Waals surface area contributed by atoms with Gasteiger partial charge in [-0.1, -0.05) is 23.7 Å². The van der Waals surface area contributed by atoms with Crippen LogP contribution in [0.15, 0.2) is 48.5 Å². The summed E-state index contributed by atoms with van der Waals surface area (Å²) in [7, 11) is 1.75. The van der Waals surface area contributed by atoms with Gasteiger partial charge < -0.3 is 20.3 Å². The van der Waals surface area contributed by atoms with Crippen LogP contribution >= 0.6 is 11.6 Å². The Kier molecular flexibility index (Phi) is 5.79. The molecule has 2 aromatic rings. The molecule has 1 saturated heterocycles. The number of urea groups is 1. The predicted octanol–water partition coefficient (Wildman–Crippen LogP) is 3.89. The molecule has 1 fully saturated rings. The predicted molar refractivity (Wildman–Crippen MR) is 101 cm³/mol. The SMILES string of the molecule is COC1CCN(c2ccc(NC(=O)NCc3ccc(Cl)cc3)cc2)C1. The van der Waals surface area contributed by atoms with E-state index in [1.165, 1.54) is 0 Å². The molecule has 5 nitrogen and oxygen atoms in total. The van der Waals surface area contributed by atoms with E-state index in [1.54, 1.807) is 7.11 Å². The molecule has 0 bridgehead atoms. The summed E-state index contributed by atoms with van der Waals surface area (Å²) in [4.78, 5) is 14.3. The molecule has 0 aliphatic carbocycles. The van der Waals surface area contributed by atoms with Gasteiger partial charge in [-0.3, -0.25) is 0 Å². The molecule has 3 rings (SSSR count). The van der Waals surface area contributed by atoms with Crippen molar-refractivity contribution in [2.45, 2.75) is 19.1 Å². The first-order chi connectivity index (χ1) is 12.1. The Morgan fingerprint density at radius 1 is 1.20 bits per heavy atom. The molecule has 25 heavy (non-hydrogen) atoms. The van der Waals surface area contributed by atoms with Gasteiger partial charge in [-0.15, -0.1) is 0 Å². The van der Waals surface area contributed by atoms with Crippen LogP contribution in [0.25, 0.3) is 0 Å². The summed E-state index contributed by atoms with van der Waals surface area (Å²) >= 11 is 5.85. The maximum absolute atomic E-state index is 12.0. The summed E-state index contributed by atoms with van der Waals surface area (Å²) < 4.78 is 5.39. The first-order valence-corrected chi connectivity index (χ1v) is 8.69. The maximum atomic E-state index is 12.0. The highest BCUT2D eigenvalue weighted by Crippen LogP contribution is 2.23. The van der Waals surface area contributed by atoms with Gasteiger partial charge in [0.25, 0.3) is 0 Å². The Bertz CT molecular complexity index is 704. The van der Waals surface area contributed by atoms with E-state index in [4.69, 9.17) is 16.3 Å². The Morgan fingerprint density at radius 3 is 2.56 bits per heavy atom. The molecule has 1 aliphatic heterocycles. The molecule has 0 radical (unpaired) electrons. The molecule has 1 atom stereocenters. The topological polar surface area (TPSA) is 53.6 Å². The molecule has 2 N–H and O–H groups in total. The minimum absolute atomic E-state index is 0.233. The van der Waals surface area contributed by atoms with Crippen molar-refractivity contribution < 1.29 is 9.53 Å².